The molecule has 3 nitrogen and oxygen atoms in total. The first-order chi connectivity index (χ1) is 9.08. The van der Waals surface area contributed by atoms with Crippen LogP contribution in [-0.4, -0.2) is 9.78 Å². The predicted octanol–water partition coefficient (Wildman–Crippen LogP) is 3.12. The highest BCUT2D eigenvalue weighted by Crippen LogP contribution is 2.18. The maximum atomic E-state index is 14.0. The van der Waals surface area contributed by atoms with Crippen LogP contribution in [0.1, 0.15) is 35.0 Å². The van der Waals surface area contributed by atoms with E-state index in [-0.39, 0.29) is 5.56 Å². The molecule has 2 rings (SSSR count). The lowest BCUT2D eigenvalue weighted by Crippen LogP contribution is -2.07. The summed E-state index contributed by atoms with van der Waals surface area (Å²) in [4.78, 5) is 0. The van der Waals surface area contributed by atoms with Crippen LogP contribution in [0.25, 0.3) is 0 Å². The van der Waals surface area contributed by atoms with E-state index in [0.29, 0.717) is 12.1 Å². The summed E-state index contributed by atoms with van der Waals surface area (Å²) < 4.78 is 15.8. The lowest BCUT2D eigenvalue weighted by molar-refractivity contribution is 0.576. The van der Waals surface area contributed by atoms with Gasteiger partial charge in [-0.3, -0.25) is 4.68 Å². The molecule has 0 spiro atoms. The number of nitrogens with zero attached hydrogens (tertiary/aromatic N) is 3. The largest absolute Gasteiger partial charge is 0.265 e. The van der Waals surface area contributed by atoms with Gasteiger partial charge in [-0.25, -0.2) is 4.39 Å². The van der Waals surface area contributed by atoms with E-state index >= 15 is 0 Å². The summed E-state index contributed by atoms with van der Waals surface area (Å²) in [5.41, 5.74) is 3.82. The first-order valence-electron chi connectivity index (χ1n) is 6.28. The summed E-state index contributed by atoms with van der Waals surface area (Å²) in [6.45, 7) is 6.39. The molecule has 1 heterocycles. The number of hydrogen-bond donors (Lipinski definition) is 0. The van der Waals surface area contributed by atoms with Crippen molar-refractivity contribution in [2.24, 2.45) is 0 Å². The van der Waals surface area contributed by atoms with Crippen LogP contribution in [-0.2, 0) is 13.0 Å². The average Bonchev–Trinajstić information content (AvgIpc) is 2.66. The topological polar surface area (TPSA) is 41.6 Å². The van der Waals surface area contributed by atoms with Crippen molar-refractivity contribution < 1.29 is 4.39 Å². The van der Waals surface area contributed by atoms with Gasteiger partial charge >= 0.3 is 0 Å². The van der Waals surface area contributed by atoms with E-state index in [2.05, 4.69) is 12.0 Å². The Morgan fingerprint density at radius 3 is 2.68 bits per heavy atom. The minimum absolute atomic E-state index is 0.0785. The van der Waals surface area contributed by atoms with Gasteiger partial charge in [-0.15, -0.1) is 0 Å². The first kappa shape index (κ1) is 13.3. The molecule has 0 saturated carbocycles. The molecule has 0 aliphatic carbocycles. The van der Waals surface area contributed by atoms with Crippen LogP contribution in [0.2, 0.25) is 0 Å². The molecule has 0 unspecified atom stereocenters. The van der Waals surface area contributed by atoms with E-state index in [4.69, 9.17) is 5.26 Å². The van der Waals surface area contributed by atoms with Gasteiger partial charge in [0.05, 0.1) is 17.8 Å². The number of aryl methyl sites for hydroxylation is 1. The Labute approximate surface area is 112 Å². The highest BCUT2D eigenvalue weighted by Gasteiger charge is 2.13. The van der Waals surface area contributed by atoms with E-state index < -0.39 is 5.82 Å². The third-order valence-corrected chi connectivity index (χ3v) is 3.40. The zero-order valence-electron chi connectivity index (χ0n) is 11.4. The van der Waals surface area contributed by atoms with Crippen LogP contribution in [0.5, 0.6) is 0 Å². The Kier molecular flexibility index (Phi) is 3.66. The van der Waals surface area contributed by atoms with Crippen molar-refractivity contribution >= 4 is 0 Å². The summed E-state index contributed by atoms with van der Waals surface area (Å²) in [7, 11) is 0. The van der Waals surface area contributed by atoms with Crippen LogP contribution in [0, 0.1) is 31.0 Å². The number of halogens is 1. The van der Waals surface area contributed by atoms with Crippen molar-refractivity contribution in [3.05, 3.63) is 52.1 Å². The van der Waals surface area contributed by atoms with Gasteiger partial charge in [0.2, 0.25) is 0 Å². The Hall–Kier alpha value is -2.15. The maximum absolute atomic E-state index is 14.0. The molecule has 0 atom stereocenters. The zero-order valence-corrected chi connectivity index (χ0v) is 11.4. The van der Waals surface area contributed by atoms with Crippen LogP contribution >= 0.6 is 0 Å². The molecule has 19 heavy (non-hydrogen) atoms. The molecular formula is C15H16FN3. The Balaban J connectivity index is 2.40. The zero-order chi connectivity index (χ0) is 14.0. The fourth-order valence-corrected chi connectivity index (χ4v) is 2.35. The van der Waals surface area contributed by atoms with Gasteiger partial charge in [-0.05, 0) is 31.9 Å². The second-order valence-electron chi connectivity index (χ2n) is 4.55. The Morgan fingerprint density at radius 1 is 1.37 bits per heavy atom. The number of hydrogen-bond acceptors (Lipinski definition) is 2. The fourth-order valence-electron chi connectivity index (χ4n) is 2.35. The molecule has 0 aliphatic rings. The molecule has 0 N–H and O–H groups in total. The predicted molar refractivity (Wildman–Crippen MR) is 71.3 cm³/mol. The third kappa shape index (κ3) is 2.37. The highest BCUT2D eigenvalue weighted by molar-refractivity contribution is 5.35. The lowest BCUT2D eigenvalue weighted by Gasteiger charge is -2.07. The Morgan fingerprint density at radius 2 is 2.11 bits per heavy atom. The van der Waals surface area contributed by atoms with Gasteiger partial charge in [0.1, 0.15) is 11.9 Å². The highest BCUT2D eigenvalue weighted by atomic mass is 19.1. The molecule has 0 radical (unpaired) electrons. The maximum Gasteiger partial charge on any atom is 0.146 e. The third-order valence-electron chi connectivity index (χ3n) is 3.40. The number of aromatic nitrogens is 2. The second-order valence-corrected chi connectivity index (χ2v) is 4.55. The van der Waals surface area contributed by atoms with Crippen molar-refractivity contribution in [3.63, 3.8) is 0 Å². The smallest absolute Gasteiger partial charge is 0.146 e. The molecule has 1 aromatic heterocycles. The monoisotopic (exact) mass is 257 g/mol. The Bertz CT molecular complexity index is 650. The van der Waals surface area contributed by atoms with Crippen molar-refractivity contribution in [1.82, 2.24) is 9.78 Å². The van der Waals surface area contributed by atoms with Crippen LogP contribution in [0.3, 0.4) is 0 Å². The summed E-state index contributed by atoms with van der Waals surface area (Å²) in [5, 5.41) is 13.3. The number of nitriles is 1. The van der Waals surface area contributed by atoms with E-state index in [0.717, 1.165) is 17.8 Å². The summed E-state index contributed by atoms with van der Waals surface area (Å²) in [6, 6.07) is 6.73. The van der Waals surface area contributed by atoms with E-state index in [1.54, 1.807) is 16.8 Å². The number of benzene rings is 1. The molecule has 2 aromatic rings. The summed E-state index contributed by atoms with van der Waals surface area (Å²) in [5.74, 6) is -0.449. The standard InChI is InChI=1S/C15H16FN3/c1-4-14-10(2)18-19(11(14)3)9-13-7-5-6-12(8-17)15(13)16/h5-7H,4,9H2,1-3H3. The minimum atomic E-state index is -0.449. The van der Waals surface area contributed by atoms with Gasteiger partial charge in [-0.1, -0.05) is 19.1 Å². The van der Waals surface area contributed by atoms with E-state index in [1.807, 2.05) is 19.9 Å². The van der Waals surface area contributed by atoms with Crippen LogP contribution in [0.4, 0.5) is 4.39 Å². The molecule has 0 bridgehead atoms. The molecule has 0 fully saturated rings. The summed E-state index contributed by atoms with van der Waals surface area (Å²) >= 11 is 0. The molecular weight excluding hydrogens is 241 g/mol. The molecule has 0 amide bonds. The molecule has 1 aromatic carbocycles. The molecule has 0 saturated heterocycles. The van der Waals surface area contributed by atoms with E-state index in [1.165, 1.54) is 11.6 Å². The van der Waals surface area contributed by atoms with Gasteiger partial charge in [0.15, 0.2) is 0 Å². The number of rotatable bonds is 3. The van der Waals surface area contributed by atoms with E-state index in [9.17, 15) is 4.39 Å². The fraction of sp³-hybridized carbons (Fsp3) is 0.333. The second kappa shape index (κ2) is 5.23. The quantitative estimate of drug-likeness (QED) is 0.847. The molecule has 4 heteroatoms. The average molecular weight is 257 g/mol. The lowest BCUT2D eigenvalue weighted by atomic mass is 10.1. The SMILES string of the molecule is CCc1c(C)nn(Cc2cccc(C#N)c2F)c1C. The first-order valence-corrected chi connectivity index (χ1v) is 6.28. The van der Waals surface area contributed by atoms with Crippen molar-refractivity contribution in [3.8, 4) is 6.07 Å². The van der Waals surface area contributed by atoms with Gasteiger partial charge < -0.3 is 0 Å². The van der Waals surface area contributed by atoms with Gasteiger partial charge in [0.25, 0.3) is 0 Å². The minimum Gasteiger partial charge on any atom is -0.265 e. The van der Waals surface area contributed by atoms with Gasteiger partial charge in [0, 0.05) is 11.3 Å². The van der Waals surface area contributed by atoms with Crippen LogP contribution < -0.4 is 0 Å². The normalized spacial score (nSPS) is 10.5. The van der Waals surface area contributed by atoms with Crippen molar-refractivity contribution in [2.75, 3.05) is 0 Å². The van der Waals surface area contributed by atoms with Crippen LogP contribution in [0.15, 0.2) is 18.2 Å². The molecule has 0 aliphatic heterocycles. The van der Waals surface area contributed by atoms with Gasteiger partial charge in [-0.2, -0.15) is 10.4 Å². The molecule has 98 valence electrons. The summed E-state index contributed by atoms with van der Waals surface area (Å²) in [6.07, 6.45) is 0.915. The van der Waals surface area contributed by atoms with Crippen molar-refractivity contribution in [2.45, 2.75) is 33.7 Å². The van der Waals surface area contributed by atoms with Crippen molar-refractivity contribution in [1.29, 1.82) is 5.26 Å².